The highest BCUT2D eigenvalue weighted by molar-refractivity contribution is 5.78. The van der Waals surface area contributed by atoms with Crippen LogP contribution in [0.3, 0.4) is 0 Å². The van der Waals surface area contributed by atoms with Crippen LogP contribution < -0.4 is 5.73 Å². The first-order valence-corrected chi connectivity index (χ1v) is 7.07. The van der Waals surface area contributed by atoms with Crippen LogP contribution >= 0.6 is 0 Å². The molecule has 1 aliphatic rings. The highest BCUT2D eigenvalue weighted by Crippen LogP contribution is 2.19. The topological polar surface area (TPSA) is 72.6 Å². The van der Waals surface area contributed by atoms with Gasteiger partial charge in [0.15, 0.2) is 0 Å². The number of nitrogens with two attached hydrogens (primary N) is 1. The maximum atomic E-state index is 12.1. The summed E-state index contributed by atoms with van der Waals surface area (Å²) in [5.74, 6) is -0.254. The molecule has 1 unspecified atom stereocenters. The van der Waals surface area contributed by atoms with E-state index in [2.05, 4.69) is 0 Å². The molecule has 1 saturated heterocycles. The van der Waals surface area contributed by atoms with Gasteiger partial charge in [0.05, 0.1) is 12.5 Å². The summed E-state index contributed by atoms with van der Waals surface area (Å²) in [4.78, 5) is 25.6. The first-order valence-electron chi connectivity index (χ1n) is 7.07. The number of nitrogens with zero attached hydrogens (tertiary/aromatic N) is 1. The summed E-state index contributed by atoms with van der Waals surface area (Å²) in [6.45, 7) is 7.25. The van der Waals surface area contributed by atoms with Gasteiger partial charge in [-0.3, -0.25) is 9.59 Å². The van der Waals surface area contributed by atoms with E-state index in [9.17, 15) is 9.59 Å². The Hall–Kier alpha value is -1.10. The monoisotopic (exact) mass is 270 g/mol. The van der Waals surface area contributed by atoms with Gasteiger partial charge >= 0.3 is 5.97 Å². The Labute approximate surface area is 115 Å². The first kappa shape index (κ1) is 16.0. The number of piperidine rings is 1. The Morgan fingerprint density at radius 2 is 2.11 bits per heavy atom. The predicted molar refractivity (Wildman–Crippen MR) is 73.4 cm³/mol. The van der Waals surface area contributed by atoms with Gasteiger partial charge in [0, 0.05) is 25.0 Å². The van der Waals surface area contributed by atoms with Gasteiger partial charge in [-0.05, 0) is 40.0 Å². The molecular formula is C14H26N2O3. The Morgan fingerprint density at radius 3 is 2.68 bits per heavy atom. The molecule has 1 aliphatic heterocycles. The van der Waals surface area contributed by atoms with Crippen molar-refractivity contribution >= 4 is 11.9 Å². The van der Waals surface area contributed by atoms with E-state index >= 15 is 0 Å². The number of hydrogen-bond acceptors (Lipinski definition) is 4. The van der Waals surface area contributed by atoms with E-state index in [4.69, 9.17) is 10.5 Å². The standard InChI is InChI=1S/C14H26N2O3/c1-4-19-13(18)11-6-5-9-16(10-11)12(17)7-8-14(2,3)15/h11H,4-10,15H2,1-3H3. The van der Waals surface area contributed by atoms with E-state index in [1.54, 1.807) is 11.8 Å². The van der Waals surface area contributed by atoms with Gasteiger partial charge in [-0.2, -0.15) is 0 Å². The molecule has 5 nitrogen and oxygen atoms in total. The van der Waals surface area contributed by atoms with Crippen LogP contribution in [0.15, 0.2) is 0 Å². The summed E-state index contributed by atoms with van der Waals surface area (Å²) in [6, 6.07) is 0. The van der Waals surface area contributed by atoms with Crippen molar-refractivity contribution in [1.82, 2.24) is 4.90 Å². The van der Waals surface area contributed by atoms with Crippen molar-refractivity contribution in [3.63, 3.8) is 0 Å². The van der Waals surface area contributed by atoms with Gasteiger partial charge in [0.25, 0.3) is 0 Å². The quantitative estimate of drug-likeness (QED) is 0.764. The molecular weight excluding hydrogens is 244 g/mol. The minimum Gasteiger partial charge on any atom is -0.466 e. The maximum Gasteiger partial charge on any atom is 0.310 e. The summed E-state index contributed by atoms with van der Waals surface area (Å²) in [7, 11) is 0. The Kier molecular flexibility index (Phi) is 5.79. The van der Waals surface area contributed by atoms with E-state index in [0.29, 0.717) is 26.0 Å². The molecule has 1 rings (SSSR count). The molecule has 0 spiro atoms. The minimum absolute atomic E-state index is 0.0903. The lowest BCUT2D eigenvalue weighted by atomic mass is 9.96. The van der Waals surface area contributed by atoms with Crippen molar-refractivity contribution in [2.75, 3.05) is 19.7 Å². The highest BCUT2D eigenvalue weighted by Gasteiger charge is 2.29. The van der Waals surface area contributed by atoms with E-state index in [1.807, 2.05) is 13.8 Å². The summed E-state index contributed by atoms with van der Waals surface area (Å²) >= 11 is 0. The van der Waals surface area contributed by atoms with Crippen molar-refractivity contribution in [1.29, 1.82) is 0 Å². The summed E-state index contributed by atoms with van der Waals surface area (Å²) in [5, 5.41) is 0. The number of amides is 1. The zero-order chi connectivity index (χ0) is 14.5. The lowest BCUT2D eigenvalue weighted by Gasteiger charge is -2.32. The molecule has 19 heavy (non-hydrogen) atoms. The third kappa shape index (κ3) is 5.59. The SMILES string of the molecule is CCOC(=O)C1CCCN(C(=O)CCC(C)(C)N)C1. The second kappa shape index (κ2) is 6.89. The van der Waals surface area contributed by atoms with E-state index < -0.39 is 0 Å². The van der Waals surface area contributed by atoms with Gasteiger partial charge in [0.1, 0.15) is 0 Å². The number of esters is 1. The number of carbonyl (C=O) groups excluding carboxylic acids is 2. The zero-order valence-electron chi connectivity index (χ0n) is 12.3. The van der Waals surface area contributed by atoms with Gasteiger partial charge in [-0.1, -0.05) is 0 Å². The van der Waals surface area contributed by atoms with Crippen molar-refractivity contribution in [3.05, 3.63) is 0 Å². The highest BCUT2D eigenvalue weighted by atomic mass is 16.5. The van der Waals surface area contributed by atoms with Crippen LogP contribution in [0, 0.1) is 5.92 Å². The minimum atomic E-state index is -0.327. The van der Waals surface area contributed by atoms with Gasteiger partial charge < -0.3 is 15.4 Å². The number of rotatable bonds is 5. The van der Waals surface area contributed by atoms with Gasteiger partial charge in [0.2, 0.25) is 5.91 Å². The molecule has 1 atom stereocenters. The molecule has 0 bridgehead atoms. The lowest BCUT2D eigenvalue weighted by Crippen LogP contribution is -2.43. The molecule has 0 aromatic carbocycles. The number of carbonyl (C=O) groups is 2. The molecule has 5 heteroatoms. The van der Waals surface area contributed by atoms with E-state index in [0.717, 1.165) is 19.4 Å². The normalized spacial score (nSPS) is 20.2. The summed E-state index contributed by atoms with van der Waals surface area (Å²) in [5.41, 5.74) is 5.56. The van der Waals surface area contributed by atoms with Crippen molar-refractivity contribution in [2.45, 2.75) is 52.0 Å². The molecule has 0 aliphatic carbocycles. The number of hydrogen-bond donors (Lipinski definition) is 1. The Bertz CT molecular complexity index is 323. The predicted octanol–water partition coefficient (Wildman–Crippen LogP) is 1.31. The Morgan fingerprint density at radius 1 is 1.42 bits per heavy atom. The van der Waals surface area contributed by atoms with Crippen molar-refractivity contribution in [2.24, 2.45) is 11.7 Å². The molecule has 0 aromatic heterocycles. The van der Waals surface area contributed by atoms with Crippen LogP contribution in [0.1, 0.15) is 46.5 Å². The maximum absolute atomic E-state index is 12.1. The zero-order valence-corrected chi connectivity index (χ0v) is 12.3. The lowest BCUT2D eigenvalue weighted by molar-refractivity contribution is -0.151. The van der Waals surface area contributed by atoms with Gasteiger partial charge in [-0.25, -0.2) is 0 Å². The van der Waals surface area contributed by atoms with Crippen LogP contribution in [0.25, 0.3) is 0 Å². The number of likely N-dealkylation sites (tertiary alicyclic amines) is 1. The average molecular weight is 270 g/mol. The fraction of sp³-hybridized carbons (Fsp3) is 0.857. The smallest absolute Gasteiger partial charge is 0.310 e. The summed E-state index contributed by atoms with van der Waals surface area (Å²) < 4.78 is 5.03. The van der Waals surface area contributed by atoms with E-state index in [-0.39, 0.29) is 23.3 Å². The largest absolute Gasteiger partial charge is 0.466 e. The van der Waals surface area contributed by atoms with Crippen LogP contribution in [-0.2, 0) is 14.3 Å². The summed E-state index contributed by atoms with van der Waals surface area (Å²) in [6.07, 6.45) is 2.78. The van der Waals surface area contributed by atoms with Crippen molar-refractivity contribution in [3.8, 4) is 0 Å². The fourth-order valence-electron chi connectivity index (χ4n) is 2.24. The third-order valence-electron chi connectivity index (χ3n) is 3.38. The van der Waals surface area contributed by atoms with E-state index in [1.165, 1.54) is 0 Å². The molecule has 0 aromatic rings. The molecule has 0 radical (unpaired) electrons. The van der Waals surface area contributed by atoms with Gasteiger partial charge in [-0.15, -0.1) is 0 Å². The number of ether oxygens (including phenoxy) is 1. The second-order valence-corrected chi connectivity index (χ2v) is 5.92. The van der Waals surface area contributed by atoms with Crippen LogP contribution in [-0.4, -0.2) is 42.0 Å². The Balaban J connectivity index is 2.45. The molecule has 0 saturated carbocycles. The molecule has 1 amide bonds. The molecule has 1 fully saturated rings. The third-order valence-corrected chi connectivity index (χ3v) is 3.38. The molecule has 1 heterocycles. The second-order valence-electron chi connectivity index (χ2n) is 5.92. The van der Waals surface area contributed by atoms with Crippen LogP contribution in [0.4, 0.5) is 0 Å². The van der Waals surface area contributed by atoms with Crippen LogP contribution in [0.5, 0.6) is 0 Å². The molecule has 2 N–H and O–H groups in total. The average Bonchev–Trinajstić information content (AvgIpc) is 2.35. The van der Waals surface area contributed by atoms with Crippen molar-refractivity contribution < 1.29 is 14.3 Å². The fourth-order valence-corrected chi connectivity index (χ4v) is 2.24. The first-order chi connectivity index (χ1) is 8.83. The molecule has 110 valence electrons. The van der Waals surface area contributed by atoms with Crippen LogP contribution in [0.2, 0.25) is 0 Å².